The van der Waals surface area contributed by atoms with Crippen LogP contribution in [-0.2, 0) is 22.7 Å². The van der Waals surface area contributed by atoms with E-state index in [9.17, 15) is 10.2 Å². The maximum atomic E-state index is 12.9. The topological polar surface area (TPSA) is 62.0 Å². The summed E-state index contributed by atoms with van der Waals surface area (Å²) in [5.74, 6) is 2.17. The number of phenolic OH excluding ortho intramolecular Hbond substituents is 2. The maximum Gasteiger partial charge on any atom is 0.132 e. The minimum Gasteiger partial charge on any atom is -0.507 e. The van der Waals surface area contributed by atoms with Crippen molar-refractivity contribution >= 4 is 54.8 Å². The summed E-state index contributed by atoms with van der Waals surface area (Å²) in [4.78, 5) is 0. The van der Waals surface area contributed by atoms with Gasteiger partial charge in [-0.2, -0.15) is 0 Å². The van der Waals surface area contributed by atoms with Crippen LogP contribution in [0.15, 0.2) is 107 Å². The van der Waals surface area contributed by atoms with E-state index in [2.05, 4.69) is 185 Å². The summed E-state index contributed by atoms with van der Waals surface area (Å²) in [5, 5.41) is 31.0. The van der Waals surface area contributed by atoms with Crippen molar-refractivity contribution in [2.75, 3.05) is 13.2 Å². The second-order valence-corrected chi connectivity index (χ2v) is 24.7. The minimum absolute atomic E-state index is 0.209. The molecule has 7 heteroatoms. The molecule has 8 rings (SSSR count). The van der Waals surface area contributed by atoms with Gasteiger partial charge in [-0.25, -0.2) is 0 Å². The Hall–Kier alpha value is -4.44. The number of benzene rings is 7. The number of halogens is 2. The molecule has 7 aromatic carbocycles. The second kappa shape index (κ2) is 24.7. The molecule has 382 valence electrons. The van der Waals surface area contributed by atoms with Crippen molar-refractivity contribution in [2.45, 2.75) is 152 Å². The summed E-state index contributed by atoms with van der Waals surface area (Å²) >= 11 is 11.5. The van der Waals surface area contributed by atoms with Crippen LogP contribution in [0.4, 0.5) is 5.69 Å². The van der Waals surface area contributed by atoms with Crippen molar-refractivity contribution in [3.8, 4) is 44.9 Å². The van der Waals surface area contributed by atoms with Gasteiger partial charge in [0.15, 0.2) is 0 Å². The van der Waals surface area contributed by atoms with E-state index in [-0.39, 0.29) is 40.6 Å². The summed E-state index contributed by atoms with van der Waals surface area (Å²) in [5.41, 5.74) is 13.7. The number of hydrogen-bond acceptors (Lipinski definition) is 4. The molecule has 1 fully saturated rings. The summed E-state index contributed by atoms with van der Waals surface area (Å²) in [6.07, 6.45) is 2.56. The fourth-order valence-electron chi connectivity index (χ4n) is 9.42. The third-order valence-corrected chi connectivity index (χ3v) is 16.7. The normalized spacial score (nSPS) is 12.8. The number of rotatable bonds is 10. The van der Waals surface area contributed by atoms with Crippen LogP contribution in [0, 0.1) is 5.41 Å². The molecule has 4 nitrogen and oxygen atoms in total. The molecule has 0 unspecified atom stereocenters. The van der Waals surface area contributed by atoms with Gasteiger partial charge < -0.3 is 14.9 Å². The molecule has 0 saturated carbocycles. The Labute approximate surface area is 450 Å². The summed E-state index contributed by atoms with van der Waals surface area (Å²) < 4.78 is 11.7. The molecule has 1 saturated heterocycles. The fraction of sp³-hybridized carbons (Fsp3) is 0.400. The molecule has 0 bridgehead atoms. The molecular formula is C65H79Cl2MoNO3. The Kier molecular flexibility index (Phi) is 19.5. The summed E-state index contributed by atoms with van der Waals surface area (Å²) in [6.45, 7) is 35.5. The number of hydrogen-bond donors (Lipinski definition) is 2. The number of fused-ring (bicyclic) bond motifs is 2. The fourth-order valence-corrected chi connectivity index (χ4v) is 11.8. The van der Waals surface area contributed by atoms with Crippen LogP contribution < -0.4 is 0 Å². The van der Waals surface area contributed by atoms with E-state index in [1.54, 1.807) is 0 Å². The van der Waals surface area contributed by atoms with Gasteiger partial charge in [0.1, 0.15) is 11.5 Å². The standard InChI is InChI=1S/C50H58O2.C6H3Cl2N.C5H10.C4H8O.Mo/c1-27(2)35-23-39(29(5)6)45(40(24-35)30(7)8)43-21-33-17-13-15-19-37(33)47(49(43)51)48-38-20-16-14-18-34(38)22-44(50(48)52)46-41(31(9)10)25-36(28(3)4)26-42(46)32(11)12;7-4-2-1-3-5(8)6(4)9;1-5(2,3)4;1-2-4-5-3-1;/h13-32,51-52H,1-12H3;1-3H;1H,2-4H3;1-4H2;. The molecule has 1 heterocycles. The van der Waals surface area contributed by atoms with Crippen LogP contribution in [0.3, 0.4) is 0 Å². The Balaban J connectivity index is 0.000000351. The molecule has 1 aliphatic heterocycles. The Morgan fingerprint density at radius 2 is 0.861 bits per heavy atom. The van der Waals surface area contributed by atoms with E-state index in [0.717, 1.165) is 62.7 Å². The number of phenols is 2. The van der Waals surface area contributed by atoms with Crippen molar-refractivity contribution in [1.29, 1.82) is 0 Å². The largest absolute Gasteiger partial charge is 0.507 e. The van der Waals surface area contributed by atoms with Gasteiger partial charge in [0.05, 0.1) is 0 Å². The zero-order valence-electron chi connectivity index (χ0n) is 45.6. The first kappa shape index (κ1) is 56.8. The van der Waals surface area contributed by atoms with Crippen molar-refractivity contribution in [3.05, 3.63) is 147 Å². The molecule has 7 aromatic rings. The second-order valence-electron chi connectivity index (χ2n) is 22.4. The first-order valence-electron chi connectivity index (χ1n) is 26.1. The predicted molar refractivity (Wildman–Crippen MR) is 310 cm³/mol. The number of nitrogens with zero attached hydrogens (tertiary/aromatic N) is 1. The van der Waals surface area contributed by atoms with Gasteiger partial charge in [-0.05, 0) is 127 Å². The monoisotopic (exact) mass is 1090 g/mol. The average Bonchev–Trinajstić information content (AvgIpc) is 3.92. The minimum atomic E-state index is -0.524. The van der Waals surface area contributed by atoms with Crippen molar-refractivity contribution < 1.29 is 32.9 Å². The molecule has 0 radical (unpaired) electrons. The van der Waals surface area contributed by atoms with Crippen molar-refractivity contribution in [2.24, 2.45) is 8.91 Å². The molecule has 0 amide bonds. The van der Waals surface area contributed by atoms with Crippen LogP contribution in [0.5, 0.6) is 11.5 Å². The van der Waals surface area contributed by atoms with Crippen LogP contribution >= 0.6 is 23.2 Å². The third kappa shape index (κ3) is 13.3. The van der Waals surface area contributed by atoms with Crippen LogP contribution in [-0.4, -0.2) is 27.8 Å². The quantitative estimate of drug-likeness (QED) is 0.134. The zero-order chi connectivity index (χ0) is 52.8. The van der Waals surface area contributed by atoms with Crippen molar-refractivity contribution in [3.63, 3.8) is 0 Å². The van der Waals surface area contributed by atoms with E-state index in [0.29, 0.717) is 33.0 Å². The first-order chi connectivity index (χ1) is 34.0. The summed E-state index contributed by atoms with van der Waals surface area (Å²) in [7, 11) is 0. The first-order valence-corrected chi connectivity index (χ1v) is 28.9. The maximum absolute atomic E-state index is 12.9. The van der Waals surface area contributed by atoms with Gasteiger partial charge in [-0.1, -0.05) is 156 Å². The number of aromatic hydroxyl groups is 2. The van der Waals surface area contributed by atoms with E-state index in [1.165, 1.54) is 46.2 Å². The smallest absolute Gasteiger partial charge is 0.132 e. The van der Waals surface area contributed by atoms with Crippen molar-refractivity contribution in [1.82, 2.24) is 0 Å². The molecule has 0 atom stereocenters. The van der Waals surface area contributed by atoms with Gasteiger partial charge in [0.25, 0.3) is 0 Å². The molecule has 0 aliphatic carbocycles. The number of ether oxygens (including phenoxy) is 1. The molecular weight excluding hydrogens is 1010 g/mol. The van der Waals surface area contributed by atoms with Gasteiger partial charge in [-0.3, -0.25) is 0 Å². The molecule has 2 N–H and O–H groups in total. The predicted octanol–water partition coefficient (Wildman–Crippen LogP) is 20.7. The van der Waals surface area contributed by atoms with E-state index < -0.39 is 17.9 Å². The Morgan fingerprint density at radius 1 is 0.500 bits per heavy atom. The van der Waals surface area contributed by atoms with Gasteiger partial charge in [-0.15, -0.1) is 0 Å². The molecule has 72 heavy (non-hydrogen) atoms. The van der Waals surface area contributed by atoms with Gasteiger partial charge in [0, 0.05) is 35.5 Å². The van der Waals surface area contributed by atoms with Crippen LogP contribution in [0.2, 0.25) is 10.0 Å². The molecule has 1 aliphatic rings. The van der Waals surface area contributed by atoms with E-state index in [1.807, 2.05) is 30.3 Å². The Bertz CT molecular complexity index is 2840. The average molecular weight is 1090 g/mol. The van der Waals surface area contributed by atoms with Crippen LogP contribution in [0.25, 0.3) is 54.9 Å². The molecule has 0 spiro atoms. The summed E-state index contributed by atoms with van der Waals surface area (Å²) in [6, 6.07) is 35.8. The van der Waals surface area contributed by atoms with Gasteiger partial charge in [0.2, 0.25) is 0 Å². The molecule has 0 aromatic heterocycles. The van der Waals surface area contributed by atoms with E-state index in [4.69, 9.17) is 27.9 Å². The Morgan fingerprint density at radius 3 is 1.17 bits per heavy atom. The van der Waals surface area contributed by atoms with E-state index >= 15 is 0 Å². The third-order valence-electron chi connectivity index (χ3n) is 13.4. The van der Waals surface area contributed by atoms with Crippen LogP contribution in [0.1, 0.15) is 186 Å². The zero-order valence-corrected chi connectivity index (χ0v) is 49.1. The SMILES string of the molecule is C1CCOC1.CC(C)(C)[CH]=[Mo]=[N]c1c(Cl)cccc1Cl.CC(C)c1cc(C(C)C)c(-c2cc3ccccc3c(-c3c(O)c(-c4c(C(C)C)cc(C(C)C)cc4C(C)C)cc4ccccc34)c2O)c(C(C)C)c1. The van der Waals surface area contributed by atoms with Gasteiger partial charge >= 0.3 is 109 Å².